The third-order valence-corrected chi connectivity index (χ3v) is 3.81. The van der Waals surface area contributed by atoms with E-state index in [1.165, 1.54) is 5.56 Å². The summed E-state index contributed by atoms with van der Waals surface area (Å²) in [6, 6.07) is 7.87. The molecular formula is C17H22ClN3. The second-order valence-corrected chi connectivity index (χ2v) is 5.74. The molecule has 0 unspecified atom stereocenters. The number of hydrogen-bond donors (Lipinski definition) is 1. The molecule has 0 aliphatic rings. The summed E-state index contributed by atoms with van der Waals surface area (Å²) < 4.78 is 0. The van der Waals surface area contributed by atoms with Gasteiger partial charge in [0.05, 0.1) is 0 Å². The van der Waals surface area contributed by atoms with Crippen LogP contribution in [0, 0.1) is 13.8 Å². The number of nitrogens with zero attached hydrogens (tertiary/aromatic N) is 2. The number of nitrogens with one attached hydrogen (secondary N) is 1. The standard InChI is InChI=1S/C17H22ClN3/c1-12-16(8-5-9-19-3)13(2)21-17(20-12)11-14-6-4-7-15(18)10-14/h4,6-7,10,19H,5,8-9,11H2,1-3H3. The molecule has 1 aromatic carbocycles. The zero-order chi connectivity index (χ0) is 15.2. The first kappa shape index (κ1) is 15.9. The lowest BCUT2D eigenvalue weighted by molar-refractivity contribution is 0.712. The van der Waals surface area contributed by atoms with Crippen LogP contribution in [0.2, 0.25) is 5.02 Å². The molecule has 0 saturated carbocycles. The molecule has 0 atom stereocenters. The zero-order valence-electron chi connectivity index (χ0n) is 12.9. The van der Waals surface area contributed by atoms with Crippen molar-refractivity contribution in [3.05, 3.63) is 57.6 Å². The fraction of sp³-hybridized carbons (Fsp3) is 0.412. The molecule has 2 aromatic rings. The van der Waals surface area contributed by atoms with E-state index in [2.05, 4.69) is 35.2 Å². The molecule has 1 heterocycles. The topological polar surface area (TPSA) is 37.8 Å². The Morgan fingerprint density at radius 1 is 1.14 bits per heavy atom. The van der Waals surface area contributed by atoms with Gasteiger partial charge in [0.1, 0.15) is 5.82 Å². The minimum Gasteiger partial charge on any atom is -0.320 e. The second-order valence-electron chi connectivity index (χ2n) is 5.30. The summed E-state index contributed by atoms with van der Waals surface area (Å²) in [5.41, 5.74) is 4.61. The highest BCUT2D eigenvalue weighted by Gasteiger charge is 2.09. The molecule has 112 valence electrons. The van der Waals surface area contributed by atoms with Crippen molar-refractivity contribution in [2.75, 3.05) is 13.6 Å². The molecule has 0 aliphatic heterocycles. The maximum Gasteiger partial charge on any atom is 0.133 e. The summed E-state index contributed by atoms with van der Waals surface area (Å²) in [6.45, 7) is 5.17. The maximum absolute atomic E-state index is 6.02. The van der Waals surface area contributed by atoms with Crippen molar-refractivity contribution >= 4 is 11.6 Å². The SMILES string of the molecule is CNCCCc1c(C)nc(Cc2cccc(Cl)c2)nc1C. The predicted octanol–water partition coefficient (Wildman–Crippen LogP) is 3.49. The minimum absolute atomic E-state index is 0.721. The molecule has 2 rings (SSSR count). The van der Waals surface area contributed by atoms with E-state index < -0.39 is 0 Å². The van der Waals surface area contributed by atoms with Gasteiger partial charge < -0.3 is 5.32 Å². The third kappa shape index (κ3) is 4.51. The summed E-state index contributed by atoms with van der Waals surface area (Å²) in [7, 11) is 1.98. The van der Waals surface area contributed by atoms with Crippen molar-refractivity contribution in [2.24, 2.45) is 0 Å². The van der Waals surface area contributed by atoms with Crippen molar-refractivity contribution in [2.45, 2.75) is 33.1 Å². The summed E-state index contributed by atoms with van der Waals surface area (Å²) in [5.74, 6) is 0.865. The van der Waals surface area contributed by atoms with Crippen LogP contribution in [0.15, 0.2) is 24.3 Å². The molecule has 0 spiro atoms. The van der Waals surface area contributed by atoms with E-state index in [9.17, 15) is 0 Å². The summed E-state index contributed by atoms with van der Waals surface area (Å²) >= 11 is 6.02. The van der Waals surface area contributed by atoms with E-state index in [1.54, 1.807) is 0 Å². The highest BCUT2D eigenvalue weighted by Crippen LogP contribution is 2.16. The van der Waals surface area contributed by atoms with Gasteiger partial charge in [0.25, 0.3) is 0 Å². The average Bonchev–Trinajstić information content (AvgIpc) is 2.42. The van der Waals surface area contributed by atoms with Crippen molar-refractivity contribution < 1.29 is 0 Å². The quantitative estimate of drug-likeness (QED) is 0.830. The first-order valence-corrected chi connectivity index (χ1v) is 7.70. The lowest BCUT2D eigenvalue weighted by atomic mass is 10.1. The lowest BCUT2D eigenvalue weighted by Crippen LogP contribution is -2.11. The average molecular weight is 304 g/mol. The molecule has 21 heavy (non-hydrogen) atoms. The van der Waals surface area contributed by atoms with Gasteiger partial charge in [0, 0.05) is 22.8 Å². The van der Waals surface area contributed by atoms with E-state index >= 15 is 0 Å². The molecular weight excluding hydrogens is 282 g/mol. The fourth-order valence-electron chi connectivity index (χ4n) is 2.52. The van der Waals surface area contributed by atoms with Crippen LogP contribution in [0.3, 0.4) is 0 Å². The Kier molecular flexibility index (Phi) is 5.71. The second kappa shape index (κ2) is 7.53. The molecule has 1 aromatic heterocycles. The molecule has 0 aliphatic carbocycles. The molecule has 0 bridgehead atoms. The number of rotatable bonds is 6. The van der Waals surface area contributed by atoms with Crippen LogP contribution in [0.25, 0.3) is 0 Å². The van der Waals surface area contributed by atoms with Gasteiger partial charge >= 0.3 is 0 Å². The Bertz CT molecular complexity index is 588. The van der Waals surface area contributed by atoms with Gasteiger partial charge in [-0.25, -0.2) is 9.97 Å². The molecule has 0 saturated heterocycles. The molecule has 1 N–H and O–H groups in total. The van der Waals surface area contributed by atoms with Gasteiger partial charge in [-0.1, -0.05) is 23.7 Å². The van der Waals surface area contributed by atoms with Gasteiger partial charge in [-0.15, -0.1) is 0 Å². The number of benzene rings is 1. The normalized spacial score (nSPS) is 10.9. The van der Waals surface area contributed by atoms with Crippen molar-refractivity contribution in [1.82, 2.24) is 15.3 Å². The minimum atomic E-state index is 0.721. The van der Waals surface area contributed by atoms with Crippen LogP contribution >= 0.6 is 11.6 Å². The zero-order valence-corrected chi connectivity index (χ0v) is 13.7. The summed E-state index contributed by atoms with van der Waals surface area (Å²) in [6.07, 6.45) is 2.85. The monoisotopic (exact) mass is 303 g/mol. The van der Waals surface area contributed by atoms with Gasteiger partial charge in [-0.3, -0.25) is 0 Å². The van der Waals surface area contributed by atoms with Crippen LogP contribution in [0.1, 0.15) is 34.8 Å². The highest BCUT2D eigenvalue weighted by molar-refractivity contribution is 6.30. The van der Waals surface area contributed by atoms with Crippen molar-refractivity contribution in [1.29, 1.82) is 0 Å². The molecule has 0 amide bonds. The van der Waals surface area contributed by atoms with Crippen molar-refractivity contribution in [3.8, 4) is 0 Å². The predicted molar refractivity (Wildman–Crippen MR) is 88.0 cm³/mol. The maximum atomic E-state index is 6.02. The van der Waals surface area contributed by atoms with Gasteiger partial charge in [-0.05, 0) is 63.5 Å². The smallest absolute Gasteiger partial charge is 0.133 e. The molecule has 3 nitrogen and oxygen atoms in total. The molecule has 4 heteroatoms. The Morgan fingerprint density at radius 2 is 1.86 bits per heavy atom. The number of halogens is 1. The Morgan fingerprint density at radius 3 is 2.48 bits per heavy atom. The van der Waals surface area contributed by atoms with E-state index in [-0.39, 0.29) is 0 Å². The van der Waals surface area contributed by atoms with Crippen LogP contribution < -0.4 is 5.32 Å². The van der Waals surface area contributed by atoms with Gasteiger partial charge in [0.15, 0.2) is 0 Å². The van der Waals surface area contributed by atoms with Crippen LogP contribution in [-0.4, -0.2) is 23.6 Å². The lowest BCUT2D eigenvalue weighted by Gasteiger charge is -2.11. The largest absolute Gasteiger partial charge is 0.320 e. The van der Waals surface area contributed by atoms with Crippen molar-refractivity contribution in [3.63, 3.8) is 0 Å². The van der Waals surface area contributed by atoms with E-state index in [1.807, 2.05) is 25.2 Å². The van der Waals surface area contributed by atoms with Gasteiger partial charge in [0.2, 0.25) is 0 Å². The summed E-state index contributed by atoms with van der Waals surface area (Å²) in [5, 5.41) is 3.93. The third-order valence-electron chi connectivity index (χ3n) is 3.57. The van der Waals surface area contributed by atoms with E-state index in [4.69, 9.17) is 11.6 Å². The first-order valence-electron chi connectivity index (χ1n) is 7.32. The molecule has 0 fully saturated rings. The molecule has 0 radical (unpaired) electrons. The first-order chi connectivity index (χ1) is 10.1. The van der Waals surface area contributed by atoms with Crippen LogP contribution in [0.4, 0.5) is 0 Å². The Balaban J connectivity index is 2.15. The number of aromatic nitrogens is 2. The highest BCUT2D eigenvalue weighted by atomic mass is 35.5. The number of hydrogen-bond acceptors (Lipinski definition) is 3. The fourth-order valence-corrected chi connectivity index (χ4v) is 2.73. The van der Waals surface area contributed by atoms with E-state index in [0.29, 0.717) is 0 Å². The van der Waals surface area contributed by atoms with E-state index in [0.717, 1.165) is 53.6 Å². The number of aryl methyl sites for hydroxylation is 2. The van der Waals surface area contributed by atoms with Gasteiger partial charge in [-0.2, -0.15) is 0 Å². The van der Waals surface area contributed by atoms with Crippen LogP contribution in [-0.2, 0) is 12.8 Å². The summed E-state index contributed by atoms with van der Waals surface area (Å²) in [4.78, 5) is 9.33. The Hall–Kier alpha value is -1.45. The van der Waals surface area contributed by atoms with Crippen LogP contribution in [0.5, 0.6) is 0 Å². The Labute approximate surface area is 131 Å².